The Morgan fingerprint density at radius 2 is 2.11 bits per heavy atom. The minimum Gasteiger partial charge on any atom is -0.315 e. The van der Waals surface area contributed by atoms with Crippen LogP contribution in [0.2, 0.25) is 0 Å². The third kappa shape index (κ3) is 2.53. The normalized spacial score (nSPS) is 16.9. The number of piperidine rings is 1. The van der Waals surface area contributed by atoms with Gasteiger partial charge in [-0.1, -0.05) is 0 Å². The predicted octanol–water partition coefficient (Wildman–Crippen LogP) is -0.239. The highest BCUT2D eigenvalue weighted by molar-refractivity contribution is 5.51. The predicted molar refractivity (Wildman–Crippen MR) is 65.6 cm³/mol. The summed E-state index contributed by atoms with van der Waals surface area (Å²) in [4.78, 5) is 7.30. The van der Waals surface area contributed by atoms with Gasteiger partial charge in [0.05, 0.1) is 13.1 Å². The quantitative estimate of drug-likeness (QED) is 0.811. The van der Waals surface area contributed by atoms with Crippen molar-refractivity contribution >= 4 is 0 Å². The van der Waals surface area contributed by atoms with Crippen LogP contribution < -0.4 is 4.90 Å². The maximum Gasteiger partial charge on any atom is 0.206 e. The van der Waals surface area contributed by atoms with Gasteiger partial charge in [-0.05, 0) is 36.6 Å². The number of hydrogen-bond acceptors (Lipinski definition) is 4. The van der Waals surface area contributed by atoms with E-state index in [1.165, 1.54) is 37.3 Å². The Labute approximate surface area is 106 Å². The van der Waals surface area contributed by atoms with Gasteiger partial charge in [-0.15, -0.1) is 15.0 Å². The Balaban J connectivity index is 1.69. The van der Waals surface area contributed by atoms with Gasteiger partial charge in [0.15, 0.2) is 6.67 Å². The summed E-state index contributed by atoms with van der Waals surface area (Å²) in [5.74, 6) is 0.652. The van der Waals surface area contributed by atoms with Crippen molar-refractivity contribution in [1.29, 1.82) is 0 Å². The Morgan fingerprint density at radius 1 is 1.22 bits per heavy atom. The molecule has 18 heavy (non-hydrogen) atoms. The summed E-state index contributed by atoms with van der Waals surface area (Å²) in [6, 6.07) is 3.83. The molecule has 0 atom stereocenters. The van der Waals surface area contributed by atoms with Crippen molar-refractivity contribution in [3.63, 3.8) is 0 Å². The number of nitrogens with zero attached hydrogens (tertiary/aromatic N) is 5. The molecule has 0 amide bonds. The number of pyridine rings is 1. The summed E-state index contributed by atoms with van der Waals surface area (Å²) in [5, 5.41) is 12.6. The van der Waals surface area contributed by atoms with Gasteiger partial charge in [0.1, 0.15) is 0 Å². The van der Waals surface area contributed by atoms with Gasteiger partial charge >= 0.3 is 0 Å². The number of likely N-dealkylation sites (tertiary alicyclic amines) is 1. The summed E-state index contributed by atoms with van der Waals surface area (Å²) < 4.78 is 0. The zero-order chi connectivity index (χ0) is 12.2. The second kappa shape index (κ2) is 5.22. The van der Waals surface area contributed by atoms with Crippen molar-refractivity contribution in [2.75, 3.05) is 13.1 Å². The van der Waals surface area contributed by atoms with Crippen molar-refractivity contribution < 1.29 is 4.90 Å². The molecule has 1 saturated heterocycles. The lowest BCUT2D eigenvalue weighted by Gasteiger charge is -2.22. The molecule has 0 aromatic carbocycles. The van der Waals surface area contributed by atoms with E-state index in [2.05, 4.69) is 20.4 Å². The Morgan fingerprint density at radius 3 is 2.89 bits per heavy atom. The van der Waals surface area contributed by atoms with Crippen LogP contribution in [0.4, 0.5) is 0 Å². The van der Waals surface area contributed by atoms with Crippen LogP contribution in [0.3, 0.4) is 0 Å². The maximum atomic E-state index is 4.41. The van der Waals surface area contributed by atoms with Crippen LogP contribution in [0.5, 0.6) is 0 Å². The number of tetrazole rings is 1. The molecule has 1 N–H and O–H groups in total. The summed E-state index contributed by atoms with van der Waals surface area (Å²) in [5.41, 5.74) is 0.914. The standard InChI is InChI=1S/C12H16N6/c1-2-7-17(8-3-1)10-18-15-12(14-16-18)11-5-4-6-13-9-11/h4-6,9H,1-3,7-8,10H2/p+1. The monoisotopic (exact) mass is 245 g/mol. The van der Waals surface area contributed by atoms with E-state index in [1.807, 2.05) is 12.1 Å². The van der Waals surface area contributed by atoms with E-state index in [-0.39, 0.29) is 0 Å². The first kappa shape index (κ1) is 11.3. The molecule has 94 valence electrons. The molecule has 2 aromatic heterocycles. The van der Waals surface area contributed by atoms with Gasteiger partial charge in [0, 0.05) is 18.0 Å². The van der Waals surface area contributed by atoms with Crippen molar-refractivity contribution in [3.05, 3.63) is 24.5 Å². The maximum absolute atomic E-state index is 4.41. The fourth-order valence-electron chi connectivity index (χ4n) is 2.33. The first-order valence-electron chi connectivity index (χ1n) is 6.43. The number of aromatic nitrogens is 5. The highest BCUT2D eigenvalue weighted by atomic mass is 15.6. The molecule has 0 aliphatic carbocycles. The Bertz CT molecular complexity index is 488. The van der Waals surface area contributed by atoms with E-state index in [1.54, 1.807) is 17.2 Å². The zero-order valence-electron chi connectivity index (χ0n) is 10.3. The number of quaternary nitrogens is 1. The smallest absolute Gasteiger partial charge is 0.206 e. The molecule has 1 aliphatic heterocycles. The highest BCUT2D eigenvalue weighted by Gasteiger charge is 2.15. The van der Waals surface area contributed by atoms with Crippen LogP contribution >= 0.6 is 0 Å². The van der Waals surface area contributed by atoms with E-state index in [9.17, 15) is 0 Å². The molecule has 0 unspecified atom stereocenters. The van der Waals surface area contributed by atoms with Crippen LogP contribution in [-0.4, -0.2) is 38.3 Å². The van der Waals surface area contributed by atoms with Crippen LogP contribution in [0.25, 0.3) is 11.4 Å². The highest BCUT2D eigenvalue weighted by Crippen LogP contribution is 2.09. The molecule has 1 aliphatic rings. The van der Waals surface area contributed by atoms with Crippen molar-refractivity contribution in [2.45, 2.75) is 25.9 Å². The second-order valence-electron chi connectivity index (χ2n) is 4.70. The molecule has 2 aromatic rings. The molecular weight excluding hydrogens is 228 g/mol. The van der Waals surface area contributed by atoms with E-state index in [4.69, 9.17) is 0 Å². The summed E-state index contributed by atoms with van der Waals surface area (Å²) in [7, 11) is 0. The zero-order valence-corrected chi connectivity index (χ0v) is 10.3. The van der Waals surface area contributed by atoms with Crippen molar-refractivity contribution in [3.8, 4) is 11.4 Å². The van der Waals surface area contributed by atoms with Crippen LogP contribution in [0, 0.1) is 0 Å². The lowest BCUT2D eigenvalue weighted by atomic mass is 10.1. The molecule has 0 saturated carbocycles. The molecule has 6 heteroatoms. The van der Waals surface area contributed by atoms with E-state index >= 15 is 0 Å². The summed E-state index contributed by atoms with van der Waals surface area (Å²) in [6.45, 7) is 3.24. The molecule has 1 fully saturated rings. The van der Waals surface area contributed by atoms with Gasteiger partial charge < -0.3 is 4.90 Å². The number of rotatable bonds is 3. The third-order valence-electron chi connectivity index (χ3n) is 3.30. The summed E-state index contributed by atoms with van der Waals surface area (Å²) >= 11 is 0. The fourth-order valence-corrected chi connectivity index (χ4v) is 2.33. The van der Waals surface area contributed by atoms with E-state index < -0.39 is 0 Å². The van der Waals surface area contributed by atoms with Crippen LogP contribution in [0.15, 0.2) is 24.5 Å². The van der Waals surface area contributed by atoms with Gasteiger partial charge in [-0.25, -0.2) is 0 Å². The lowest BCUT2D eigenvalue weighted by molar-refractivity contribution is -0.928. The van der Waals surface area contributed by atoms with Crippen LogP contribution in [-0.2, 0) is 6.67 Å². The first-order chi connectivity index (χ1) is 8.92. The molecular formula is C12H17N6+. The minimum atomic E-state index is 0.652. The minimum absolute atomic E-state index is 0.652. The van der Waals surface area contributed by atoms with E-state index in [0.29, 0.717) is 5.82 Å². The average Bonchev–Trinajstić information content (AvgIpc) is 2.89. The second-order valence-corrected chi connectivity index (χ2v) is 4.70. The summed E-state index contributed by atoms with van der Waals surface area (Å²) in [6.07, 6.45) is 7.47. The van der Waals surface area contributed by atoms with Gasteiger partial charge in [0.2, 0.25) is 5.82 Å². The SMILES string of the molecule is c1cncc(-c2nnn(C[NH+]3CCCCC3)n2)c1. The van der Waals surface area contributed by atoms with Gasteiger partial charge in [0.25, 0.3) is 0 Å². The van der Waals surface area contributed by atoms with E-state index in [0.717, 1.165) is 12.2 Å². The molecule has 0 bridgehead atoms. The Kier molecular flexibility index (Phi) is 3.27. The lowest BCUT2D eigenvalue weighted by Crippen LogP contribution is -3.12. The Hall–Kier alpha value is -1.82. The van der Waals surface area contributed by atoms with Gasteiger partial charge in [-0.2, -0.15) is 0 Å². The molecule has 0 radical (unpaired) electrons. The van der Waals surface area contributed by atoms with Crippen molar-refractivity contribution in [1.82, 2.24) is 25.2 Å². The van der Waals surface area contributed by atoms with Gasteiger partial charge in [-0.3, -0.25) is 4.98 Å². The molecule has 3 rings (SSSR count). The largest absolute Gasteiger partial charge is 0.315 e. The first-order valence-corrected chi connectivity index (χ1v) is 6.43. The number of nitrogens with one attached hydrogen (secondary N) is 1. The number of hydrogen-bond donors (Lipinski definition) is 1. The fraction of sp³-hybridized carbons (Fsp3) is 0.500. The molecule has 6 nitrogen and oxygen atoms in total. The molecule has 0 spiro atoms. The van der Waals surface area contributed by atoms with Crippen molar-refractivity contribution in [2.24, 2.45) is 0 Å². The topological polar surface area (TPSA) is 60.9 Å². The average molecular weight is 245 g/mol. The third-order valence-corrected chi connectivity index (χ3v) is 3.30. The molecule has 3 heterocycles. The van der Waals surface area contributed by atoms with Crippen LogP contribution in [0.1, 0.15) is 19.3 Å².